The number of rotatable bonds is 4. The van der Waals surface area contributed by atoms with Gasteiger partial charge in [-0.05, 0) is 42.0 Å². The first kappa shape index (κ1) is 19.9. The van der Waals surface area contributed by atoms with Crippen molar-refractivity contribution in [2.75, 3.05) is 19.1 Å². The van der Waals surface area contributed by atoms with E-state index >= 15 is 0 Å². The van der Waals surface area contributed by atoms with E-state index in [-0.39, 0.29) is 10.6 Å². The number of nitrogens with zero attached hydrogens (tertiary/aromatic N) is 1. The van der Waals surface area contributed by atoms with Crippen LogP contribution in [0, 0.1) is 0 Å². The lowest BCUT2D eigenvalue weighted by Crippen LogP contribution is -2.54. The third-order valence-electron chi connectivity index (χ3n) is 3.93. The molecule has 9 heteroatoms. The molecular weight excluding hydrogens is 452 g/mol. The summed E-state index contributed by atoms with van der Waals surface area (Å²) < 4.78 is 11.1. The molecule has 0 unspecified atom stereocenters. The van der Waals surface area contributed by atoms with Crippen molar-refractivity contribution in [3.63, 3.8) is 0 Å². The Bertz CT molecular complexity index is 1020. The number of urea groups is 1. The zero-order valence-electron chi connectivity index (χ0n) is 14.8. The highest BCUT2D eigenvalue weighted by Crippen LogP contribution is 2.37. The molecule has 3 rings (SSSR count). The summed E-state index contributed by atoms with van der Waals surface area (Å²) in [6, 6.07) is 8.88. The number of barbiturate groups is 1. The molecule has 0 radical (unpaired) electrons. The SMILES string of the molecule is COc1cc(C=C2C(=O)NC(=O)N(c3cccc(Br)c3)C2=O)cc(Cl)c1OC. The van der Waals surface area contributed by atoms with Gasteiger partial charge in [-0.15, -0.1) is 0 Å². The first-order valence-corrected chi connectivity index (χ1v) is 9.11. The van der Waals surface area contributed by atoms with Crippen LogP contribution in [0.5, 0.6) is 11.5 Å². The minimum atomic E-state index is -0.824. The van der Waals surface area contributed by atoms with Crippen LogP contribution in [-0.4, -0.2) is 32.1 Å². The van der Waals surface area contributed by atoms with Crippen molar-refractivity contribution >= 4 is 57.1 Å². The summed E-state index contributed by atoms with van der Waals surface area (Å²) in [6.07, 6.45) is 1.34. The van der Waals surface area contributed by atoms with E-state index in [1.165, 1.54) is 26.4 Å². The molecule has 1 aliphatic heterocycles. The number of carbonyl (C=O) groups excluding carboxylic acids is 3. The lowest BCUT2D eigenvalue weighted by atomic mass is 10.1. The molecule has 0 atom stereocenters. The summed E-state index contributed by atoms with van der Waals surface area (Å²) in [5.41, 5.74) is 0.535. The number of anilines is 1. The van der Waals surface area contributed by atoms with Gasteiger partial charge in [0.2, 0.25) is 0 Å². The van der Waals surface area contributed by atoms with Gasteiger partial charge in [-0.25, -0.2) is 9.69 Å². The second kappa shape index (κ2) is 8.04. The Morgan fingerprint density at radius 2 is 1.86 bits per heavy atom. The Hall–Kier alpha value is -2.84. The monoisotopic (exact) mass is 464 g/mol. The summed E-state index contributed by atoms with van der Waals surface area (Å²) in [5.74, 6) is -0.882. The van der Waals surface area contributed by atoms with Crippen LogP contribution >= 0.6 is 27.5 Å². The molecule has 0 spiro atoms. The number of nitrogens with one attached hydrogen (secondary N) is 1. The first-order valence-electron chi connectivity index (χ1n) is 7.94. The normalized spacial score (nSPS) is 15.6. The van der Waals surface area contributed by atoms with Crippen LogP contribution in [0.1, 0.15) is 5.56 Å². The molecule has 0 bridgehead atoms. The van der Waals surface area contributed by atoms with Crippen LogP contribution in [0.2, 0.25) is 5.02 Å². The number of ether oxygens (including phenoxy) is 2. The van der Waals surface area contributed by atoms with E-state index in [4.69, 9.17) is 21.1 Å². The molecule has 2 aromatic rings. The highest BCUT2D eigenvalue weighted by atomic mass is 79.9. The maximum Gasteiger partial charge on any atom is 0.335 e. The van der Waals surface area contributed by atoms with Gasteiger partial charge in [0.05, 0.1) is 24.9 Å². The molecular formula is C19H14BrClN2O5. The van der Waals surface area contributed by atoms with E-state index < -0.39 is 17.8 Å². The molecule has 1 fully saturated rings. The van der Waals surface area contributed by atoms with Crippen LogP contribution in [0.25, 0.3) is 6.08 Å². The molecule has 144 valence electrons. The molecule has 7 nitrogen and oxygen atoms in total. The Labute approximate surface area is 174 Å². The number of imide groups is 2. The summed E-state index contributed by atoms with van der Waals surface area (Å²) in [4.78, 5) is 38.3. The van der Waals surface area contributed by atoms with Crippen molar-refractivity contribution < 1.29 is 23.9 Å². The average molecular weight is 466 g/mol. The standard InChI is InChI=1S/C19H14BrClN2O5/c1-27-15-8-10(7-14(21)16(15)28-2)6-13-17(24)22-19(26)23(18(13)25)12-5-3-4-11(20)9-12/h3-9H,1-2H3,(H,22,24,26). The van der Waals surface area contributed by atoms with Crippen LogP contribution < -0.4 is 19.7 Å². The van der Waals surface area contributed by atoms with E-state index in [2.05, 4.69) is 21.2 Å². The van der Waals surface area contributed by atoms with Gasteiger partial charge in [0, 0.05) is 4.47 Å². The van der Waals surface area contributed by atoms with E-state index in [9.17, 15) is 14.4 Å². The second-order valence-corrected chi connectivity index (χ2v) is 7.00. The van der Waals surface area contributed by atoms with Crippen LogP contribution in [0.3, 0.4) is 0 Å². The van der Waals surface area contributed by atoms with Gasteiger partial charge in [-0.3, -0.25) is 14.9 Å². The summed E-state index contributed by atoms with van der Waals surface area (Å²) in [6.45, 7) is 0. The highest BCUT2D eigenvalue weighted by Gasteiger charge is 2.36. The summed E-state index contributed by atoms with van der Waals surface area (Å²) >= 11 is 9.47. The average Bonchev–Trinajstić information content (AvgIpc) is 2.64. The van der Waals surface area contributed by atoms with Crippen molar-refractivity contribution in [3.8, 4) is 11.5 Å². The van der Waals surface area contributed by atoms with Crippen molar-refractivity contribution in [2.24, 2.45) is 0 Å². The summed E-state index contributed by atoms with van der Waals surface area (Å²) in [5, 5.41) is 2.42. The third-order valence-corrected chi connectivity index (χ3v) is 4.71. The van der Waals surface area contributed by atoms with Crippen LogP contribution in [0.15, 0.2) is 46.4 Å². The number of hydrogen-bond acceptors (Lipinski definition) is 5. The number of benzene rings is 2. The zero-order valence-corrected chi connectivity index (χ0v) is 17.1. The first-order chi connectivity index (χ1) is 13.3. The Kier molecular flexibility index (Phi) is 5.71. The Balaban J connectivity index is 2.06. The fraction of sp³-hybridized carbons (Fsp3) is 0.105. The number of amides is 4. The molecule has 0 saturated carbocycles. The quantitative estimate of drug-likeness (QED) is 0.549. The van der Waals surface area contributed by atoms with Crippen molar-refractivity contribution in [1.82, 2.24) is 5.32 Å². The predicted molar refractivity (Wildman–Crippen MR) is 108 cm³/mol. The predicted octanol–water partition coefficient (Wildman–Crippen LogP) is 3.79. The minimum Gasteiger partial charge on any atom is -0.493 e. The van der Waals surface area contributed by atoms with Gasteiger partial charge in [0.15, 0.2) is 11.5 Å². The topological polar surface area (TPSA) is 84.9 Å². The smallest absolute Gasteiger partial charge is 0.335 e. The fourth-order valence-electron chi connectivity index (χ4n) is 2.70. The van der Waals surface area contributed by atoms with Gasteiger partial charge >= 0.3 is 6.03 Å². The molecule has 1 saturated heterocycles. The maximum absolute atomic E-state index is 12.9. The minimum absolute atomic E-state index is 0.220. The van der Waals surface area contributed by atoms with Crippen molar-refractivity contribution in [3.05, 3.63) is 57.0 Å². The lowest BCUT2D eigenvalue weighted by molar-refractivity contribution is -0.122. The van der Waals surface area contributed by atoms with Gasteiger partial charge in [-0.2, -0.15) is 0 Å². The molecule has 4 amide bonds. The number of hydrogen-bond donors (Lipinski definition) is 1. The Morgan fingerprint density at radius 1 is 1.11 bits per heavy atom. The van der Waals surface area contributed by atoms with Crippen LogP contribution in [-0.2, 0) is 9.59 Å². The molecule has 0 aliphatic carbocycles. The molecule has 1 aliphatic rings. The van der Waals surface area contributed by atoms with E-state index in [1.807, 2.05) is 0 Å². The fourth-order valence-corrected chi connectivity index (χ4v) is 3.38. The van der Waals surface area contributed by atoms with E-state index in [1.54, 1.807) is 30.3 Å². The maximum atomic E-state index is 12.9. The highest BCUT2D eigenvalue weighted by molar-refractivity contribution is 9.10. The van der Waals surface area contributed by atoms with Gasteiger partial charge in [0.25, 0.3) is 11.8 Å². The molecule has 28 heavy (non-hydrogen) atoms. The van der Waals surface area contributed by atoms with Crippen molar-refractivity contribution in [2.45, 2.75) is 0 Å². The zero-order chi connectivity index (χ0) is 20.4. The largest absolute Gasteiger partial charge is 0.493 e. The van der Waals surface area contributed by atoms with Gasteiger partial charge in [-0.1, -0.05) is 33.6 Å². The van der Waals surface area contributed by atoms with E-state index in [0.717, 1.165) is 4.90 Å². The van der Waals surface area contributed by atoms with Crippen molar-refractivity contribution in [1.29, 1.82) is 0 Å². The van der Waals surface area contributed by atoms with Gasteiger partial charge < -0.3 is 9.47 Å². The second-order valence-electron chi connectivity index (χ2n) is 5.68. The summed E-state index contributed by atoms with van der Waals surface area (Å²) in [7, 11) is 2.89. The number of halogens is 2. The Morgan fingerprint density at radius 3 is 2.50 bits per heavy atom. The number of methoxy groups -OCH3 is 2. The van der Waals surface area contributed by atoms with Crippen LogP contribution in [0.4, 0.5) is 10.5 Å². The van der Waals surface area contributed by atoms with Gasteiger partial charge in [0.1, 0.15) is 5.57 Å². The molecule has 2 aromatic carbocycles. The lowest BCUT2D eigenvalue weighted by Gasteiger charge is -2.26. The molecule has 0 aromatic heterocycles. The number of carbonyl (C=O) groups is 3. The van der Waals surface area contributed by atoms with E-state index in [0.29, 0.717) is 27.2 Å². The third kappa shape index (κ3) is 3.74. The molecule has 1 heterocycles. The molecule has 1 N–H and O–H groups in total.